The first-order valence-corrected chi connectivity index (χ1v) is 7.45. The minimum absolute atomic E-state index is 0.194. The van der Waals surface area contributed by atoms with E-state index in [-0.39, 0.29) is 5.56 Å². The molecular formula is C16H21F2NO. The number of benzene rings is 1. The summed E-state index contributed by atoms with van der Waals surface area (Å²) in [6.45, 7) is 2.63. The van der Waals surface area contributed by atoms with E-state index in [1.807, 2.05) is 0 Å². The molecule has 1 aromatic rings. The third-order valence-electron chi connectivity index (χ3n) is 4.55. The van der Waals surface area contributed by atoms with Crippen LogP contribution in [-0.2, 0) is 0 Å². The summed E-state index contributed by atoms with van der Waals surface area (Å²) in [5, 5.41) is 10.3. The molecule has 2 unspecified atom stereocenters. The van der Waals surface area contributed by atoms with Crippen molar-refractivity contribution in [2.45, 2.75) is 50.8 Å². The van der Waals surface area contributed by atoms with Gasteiger partial charge in [-0.3, -0.25) is 4.90 Å². The van der Waals surface area contributed by atoms with E-state index in [0.29, 0.717) is 18.6 Å². The molecule has 0 heterocycles. The van der Waals surface area contributed by atoms with Gasteiger partial charge in [-0.05, 0) is 44.6 Å². The topological polar surface area (TPSA) is 23.5 Å². The molecule has 0 aliphatic heterocycles. The Hall–Kier alpha value is -1.00. The van der Waals surface area contributed by atoms with Gasteiger partial charge in [0.05, 0.1) is 6.10 Å². The molecule has 110 valence electrons. The molecule has 0 spiro atoms. The molecule has 4 heteroatoms. The minimum Gasteiger partial charge on any atom is -0.387 e. The van der Waals surface area contributed by atoms with Crippen molar-refractivity contribution in [3.8, 4) is 0 Å². The van der Waals surface area contributed by atoms with E-state index in [9.17, 15) is 13.9 Å². The number of halogens is 2. The molecule has 1 N–H and O–H groups in total. The molecule has 2 saturated carbocycles. The van der Waals surface area contributed by atoms with Crippen molar-refractivity contribution in [2.24, 2.45) is 5.92 Å². The third-order valence-corrected chi connectivity index (χ3v) is 4.55. The lowest BCUT2D eigenvalue weighted by molar-refractivity contribution is 0.0768. The maximum atomic E-state index is 13.7. The summed E-state index contributed by atoms with van der Waals surface area (Å²) in [6.07, 6.45) is 3.94. The van der Waals surface area contributed by atoms with Crippen LogP contribution >= 0.6 is 0 Å². The molecule has 2 aliphatic carbocycles. The van der Waals surface area contributed by atoms with Crippen LogP contribution < -0.4 is 0 Å². The summed E-state index contributed by atoms with van der Waals surface area (Å²) in [5.74, 6) is -0.544. The molecule has 2 aliphatic rings. The number of aliphatic hydroxyl groups excluding tert-OH is 1. The van der Waals surface area contributed by atoms with Crippen LogP contribution in [0.25, 0.3) is 0 Å². The first-order valence-electron chi connectivity index (χ1n) is 7.45. The van der Waals surface area contributed by atoms with Crippen molar-refractivity contribution in [3.63, 3.8) is 0 Å². The van der Waals surface area contributed by atoms with Crippen LogP contribution in [0, 0.1) is 17.6 Å². The fourth-order valence-corrected chi connectivity index (χ4v) is 2.97. The van der Waals surface area contributed by atoms with Gasteiger partial charge in [0, 0.05) is 30.3 Å². The van der Waals surface area contributed by atoms with E-state index in [1.165, 1.54) is 25.0 Å². The van der Waals surface area contributed by atoms with Crippen molar-refractivity contribution in [1.29, 1.82) is 0 Å². The summed E-state index contributed by atoms with van der Waals surface area (Å²) in [7, 11) is 0. The Morgan fingerprint density at radius 1 is 1.25 bits per heavy atom. The molecule has 0 aromatic heterocycles. The van der Waals surface area contributed by atoms with E-state index in [0.717, 1.165) is 24.8 Å². The monoisotopic (exact) mass is 281 g/mol. The van der Waals surface area contributed by atoms with Gasteiger partial charge in [0.2, 0.25) is 0 Å². The summed E-state index contributed by atoms with van der Waals surface area (Å²) >= 11 is 0. The van der Waals surface area contributed by atoms with Crippen LogP contribution in [-0.4, -0.2) is 28.6 Å². The van der Waals surface area contributed by atoms with Crippen LogP contribution in [0.4, 0.5) is 8.78 Å². The quantitative estimate of drug-likeness (QED) is 0.865. The van der Waals surface area contributed by atoms with Gasteiger partial charge in [-0.1, -0.05) is 6.07 Å². The maximum Gasteiger partial charge on any atom is 0.131 e. The standard InChI is InChI=1S/C16H21F2NO/c1-10(11-2-3-11)19(13-5-6-13)9-16(20)14-7-4-12(17)8-15(14)18/h4,7-8,10-11,13,16,20H,2-3,5-6,9H2,1H3. The second-order valence-corrected chi connectivity index (χ2v) is 6.19. The first-order chi connectivity index (χ1) is 9.56. The Balaban J connectivity index is 1.70. The Morgan fingerprint density at radius 2 is 1.95 bits per heavy atom. The lowest BCUT2D eigenvalue weighted by Crippen LogP contribution is -2.39. The smallest absolute Gasteiger partial charge is 0.131 e. The van der Waals surface area contributed by atoms with Crippen molar-refractivity contribution in [1.82, 2.24) is 4.90 Å². The van der Waals surface area contributed by atoms with Crippen molar-refractivity contribution >= 4 is 0 Å². The van der Waals surface area contributed by atoms with Crippen LogP contribution in [0.15, 0.2) is 18.2 Å². The summed E-state index contributed by atoms with van der Waals surface area (Å²) in [6, 6.07) is 4.37. The highest BCUT2D eigenvalue weighted by Crippen LogP contribution is 2.40. The number of hydrogen-bond acceptors (Lipinski definition) is 2. The van der Waals surface area contributed by atoms with Gasteiger partial charge in [0.15, 0.2) is 0 Å². The van der Waals surface area contributed by atoms with Gasteiger partial charge in [0.25, 0.3) is 0 Å². The normalized spacial score (nSPS) is 22.1. The second kappa shape index (κ2) is 5.41. The molecule has 0 radical (unpaired) electrons. The van der Waals surface area contributed by atoms with Gasteiger partial charge in [-0.15, -0.1) is 0 Å². The minimum atomic E-state index is -0.891. The number of nitrogens with zero attached hydrogens (tertiary/aromatic N) is 1. The van der Waals surface area contributed by atoms with E-state index >= 15 is 0 Å². The van der Waals surface area contributed by atoms with Crippen molar-refractivity contribution in [3.05, 3.63) is 35.4 Å². The highest BCUT2D eigenvalue weighted by molar-refractivity contribution is 5.21. The van der Waals surface area contributed by atoms with E-state index in [1.54, 1.807) is 0 Å². The van der Waals surface area contributed by atoms with E-state index in [2.05, 4.69) is 11.8 Å². The van der Waals surface area contributed by atoms with Crippen molar-refractivity contribution < 1.29 is 13.9 Å². The highest BCUT2D eigenvalue weighted by atomic mass is 19.1. The molecular weight excluding hydrogens is 260 g/mol. The SMILES string of the molecule is CC(C1CC1)N(CC(O)c1ccc(F)cc1F)C1CC1. The lowest BCUT2D eigenvalue weighted by Gasteiger charge is -2.31. The van der Waals surface area contributed by atoms with Crippen LogP contribution in [0.1, 0.15) is 44.3 Å². The van der Waals surface area contributed by atoms with Gasteiger partial charge >= 0.3 is 0 Å². The molecule has 2 atom stereocenters. The summed E-state index contributed by atoms with van der Waals surface area (Å²) in [5.41, 5.74) is 0.194. The van der Waals surface area contributed by atoms with Gasteiger partial charge in [-0.2, -0.15) is 0 Å². The molecule has 1 aromatic carbocycles. The second-order valence-electron chi connectivity index (χ2n) is 6.19. The van der Waals surface area contributed by atoms with Crippen LogP contribution in [0.5, 0.6) is 0 Å². The first kappa shape index (κ1) is 14.0. The van der Waals surface area contributed by atoms with E-state index < -0.39 is 17.7 Å². The average molecular weight is 281 g/mol. The molecule has 0 amide bonds. The average Bonchev–Trinajstić information content (AvgIpc) is 3.28. The summed E-state index contributed by atoms with van der Waals surface area (Å²) in [4.78, 5) is 2.31. The zero-order valence-corrected chi connectivity index (χ0v) is 11.7. The Labute approximate surface area is 118 Å². The zero-order chi connectivity index (χ0) is 14.3. The predicted molar refractivity (Wildman–Crippen MR) is 73.2 cm³/mol. The maximum absolute atomic E-state index is 13.7. The number of hydrogen-bond donors (Lipinski definition) is 1. The Bertz CT molecular complexity index is 485. The predicted octanol–water partition coefficient (Wildman–Crippen LogP) is 3.26. The molecule has 2 nitrogen and oxygen atoms in total. The summed E-state index contributed by atoms with van der Waals surface area (Å²) < 4.78 is 26.6. The van der Waals surface area contributed by atoms with E-state index in [4.69, 9.17) is 0 Å². The Morgan fingerprint density at radius 3 is 2.50 bits per heavy atom. The van der Waals surface area contributed by atoms with Crippen LogP contribution in [0.2, 0.25) is 0 Å². The fraction of sp³-hybridized carbons (Fsp3) is 0.625. The van der Waals surface area contributed by atoms with Gasteiger partial charge in [-0.25, -0.2) is 8.78 Å². The molecule has 20 heavy (non-hydrogen) atoms. The number of aliphatic hydroxyl groups is 1. The number of rotatable bonds is 6. The molecule has 3 rings (SSSR count). The Kier molecular flexibility index (Phi) is 3.78. The largest absolute Gasteiger partial charge is 0.387 e. The molecule has 2 fully saturated rings. The molecule has 0 saturated heterocycles. The fourth-order valence-electron chi connectivity index (χ4n) is 2.97. The lowest BCUT2D eigenvalue weighted by atomic mass is 10.1. The highest BCUT2D eigenvalue weighted by Gasteiger charge is 2.40. The van der Waals surface area contributed by atoms with Gasteiger partial charge in [0.1, 0.15) is 11.6 Å². The van der Waals surface area contributed by atoms with Gasteiger partial charge < -0.3 is 5.11 Å². The third kappa shape index (κ3) is 3.01. The van der Waals surface area contributed by atoms with Crippen molar-refractivity contribution in [2.75, 3.05) is 6.54 Å². The molecule has 0 bridgehead atoms. The zero-order valence-electron chi connectivity index (χ0n) is 11.7. The van der Waals surface area contributed by atoms with Crippen LogP contribution in [0.3, 0.4) is 0 Å².